The Kier molecular flexibility index (Phi) is 5.89. The Hall–Kier alpha value is -3.01. The van der Waals surface area contributed by atoms with Crippen LogP contribution in [-0.4, -0.2) is 58.8 Å². The van der Waals surface area contributed by atoms with E-state index in [2.05, 4.69) is 14.9 Å². The Labute approximate surface area is 183 Å². The number of anilines is 1. The second-order valence-electron chi connectivity index (χ2n) is 8.31. The lowest BCUT2D eigenvalue weighted by Crippen LogP contribution is -2.54. The number of alkyl halides is 3. The van der Waals surface area contributed by atoms with Gasteiger partial charge in [-0.25, -0.2) is 9.97 Å². The van der Waals surface area contributed by atoms with Gasteiger partial charge in [0.05, 0.1) is 11.6 Å². The van der Waals surface area contributed by atoms with Gasteiger partial charge in [-0.15, -0.1) is 0 Å². The van der Waals surface area contributed by atoms with Gasteiger partial charge in [-0.1, -0.05) is 19.1 Å². The third-order valence-electron chi connectivity index (χ3n) is 6.06. The molecule has 2 aromatic rings. The first-order valence-electron chi connectivity index (χ1n) is 10.5. The van der Waals surface area contributed by atoms with Crippen molar-refractivity contribution in [1.29, 1.82) is 0 Å². The van der Waals surface area contributed by atoms with Gasteiger partial charge in [-0.2, -0.15) is 13.2 Å². The molecule has 10 heteroatoms. The number of Topliss-reactive ketones (excluding diaryl/α,β-unsaturated/α-hetero) is 1. The molecule has 170 valence electrons. The predicted molar refractivity (Wildman–Crippen MR) is 111 cm³/mol. The van der Waals surface area contributed by atoms with Crippen molar-refractivity contribution in [2.75, 3.05) is 31.1 Å². The van der Waals surface area contributed by atoms with Gasteiger partial charge in [0.15, 0.2) is 5.78 Å². The van der Waals surface area contributed by atoms with Crippen LogP contribution in [0, 0.1) is 0 Å². The zero-order valence-electron chi connectivity index (χ0n) is 17.6. The number of nitrogens with zero attached hydrogens (tertiary/aromatic N) is 4. The number of ketones is 1. The monoisotopic (exact) mass is 447 g/mol. The lowest BCUT2D eigenvalue weighted by atomic mass is 10.0. The van der Waals surface area contributed by atoms with Crippen LogP contribution in [-0.2, 0) is 17.4 Å². The Bertz CT molecular complexity index is 1020. The Morgan fingerprint density at radius 1 is 1.16 bits per heavy atom. The van der Waals surface area contributed by atoms with Crippen LogP contribution in [0.3, 0.4) is 0 Å². The van der Waals surface area contributed by atoms with E-state index in [4.69, 9.17) is 5.73 Å². The summed E-state index contributed by atoms with van der Waals surface area (Å²) < 4.78 is 38.1. The van der Waals surface area contributed by atoms with Gasteiger partial charge in [-0.3, -0.25) is 9.59 Å². The minimum absolute atomic E-state index is 0.0270. The van der Waals surface area contributed by atoms with Crippen molar-refractivity contribution in [3.8, 4) is 0 Å². The maximum Gasteiger partial charge on any atom is 0.416 e. The van der Waals surface area contributed by atoms with Gasteiger partial charge in [0.25, 0.3) is 0 Å². The lowest BCUT2D eigenvalue weighted by molar-refractivity contribution is -0.137. The van der Waals surface area contributed by atoms with Crippen molar-refractivity contribution >= 4 is 17.5 Å². The second kappa shape index (κ2) is 8.50. The van der Waals surface area contributed by atoms with Crippen molar-refractivity contribution in [2.24, 2.45) is 5.73 Å². The number of rotatable bonds is 4. The number of hydrogen-bond acceptors (Lipinski definition) is 6. The second-order valence-corrected chi connectivity index (χ2v) is 8.31. The first kappa shape index (κ1) is 22.2. The third-order valence-corrected chi connectivity index (χ3v) is 6.06. The molecule has 0 radical (unpaired) electrons. The molecule has 4 rings (SSSR count). The molecule has 1 aliphatic carbocycles. The molecule has 1 saturated heterocycles. The Morgan fingerprint density at radius 3 is 2.44 bits per heavy atom. The number of fused-ring (bicyclic) bond motifs is 1. The molecule has 7 nitrogen and oxygen atoms in total. The average Bonchev–Trinajstić information content (AvgIpc) is 3.07. The SMILES string of the molecule is C[C@@H]1CC(=O)c2ncnc(N3CCN(C(=O)[C@H](N)Cc4ccc(C(F)(F)F)cc4)CC3)c21. The molecular formula is C22H24F3N5O2. The highest BCUT2D eigenvalue weighted by Gasteiger charge is 2.34. The van der Waals surface area contributed by atoms with Crippen molar-refractivity contribution in [2.45, 2.75) is 37.9 Å². The fourth-order valence-corrected chi connectivity index (χ4v) is 4.34. The topological polar surface area (TPSA) is 92.4 Å². The van der Waals surface area contributed by atoms with Crippen molar-refractivity contribution in [3.63, 3.8) is 0 Å². The smallest absolute Gasteiger partial charge is 0.353 e. The maximum absolute atomic E-state index is 12.8. The summed E-state index contributed by atoms with van der Waals surface area (Å²) in [4.78, 5) is 37.2. The van der Waals surface area contributed by atoms with Crippen LogP contribution in [0.4, 0.5) is 19.0 Å². The zero-order chi connectivity index (χ0) is 23.0. The number of hydrogen-bond donors (Lipinski definition) is 1. The summed E-state index contributed by atoms with van der Waals surface area (Å²) in [6, 6.07) is 3.87. The first-order chi connectivity index (χ1) is 15.1. The normalized spacial score (nSPS) is 19.8. The number of halogens is 3. The van der Waals surface area contributed by atoms with Gasteiger partial charge < -0.3 is 15.5 Å². The largest absolute Gasteiger partial charge is 0.416 e. The van der Waals surface area contributed by atoms with Crippen LogP contribution >= 0.6 is 0 Å². The average molecular weight is 447 g/mol. The van der Waals surface area contributed by atoms with Crippen LogP contribution in [0.25, 0.3) is 0 Å². The molecule has 2 aliphatic rings. The summed E-state index contributed by atoms with van der Waals surface area (Å²) in [5.74, 6) is 0.597. The van der Waals surface area contributed by atoms with Crippen molar-refractivity contribution in [1.82, 2.24) is 14.9 Å². The number of aromatic nitrogens is 2. The highest BCUT2D eigenvalue weighted by molar-refractivity contribution is 6.00. The summed E-state index contributed by atoms with van der Waals surface area (Å²) in [5.41, 5.74) is 7.27. The summed E-state index contributed by atoms with van der Waals surface area (Å²) in [7, 11) is 0. The quantitative estimate of drug-likeness (QED) is 0.774. The first-order valence-corrected chi connectivity index (χ1v) is 10.5. The van der Waals surface area contributed by atoms with Crippen molar-refractivity contribution in [3.05, 3.63) is 53.0 Å². The van der Waals surface area contributed by atoms with E-state index in [1.54, 1.807) is 4.90 Å². The van der Waals surface area contributed by atoms with E-state index in [1.807, 2.05) is 6.92 Å². The van der Waals surface area contributed by atoms with Gasteiger partial charge in [0.2, 0.25) is 5.91 Å². The fraction of sp³-hybridized carbons (Fsp3) is 0.455. The van der Waals surface area contributed by atoms with Gasteiger partial charge in [0.1, 0.15) is 17.8 Å². The molecule has 2 heterocycles. The number of nitrogens with two attached hydrogens (primary N) is 1. The summed E-state index contributed by atoms with van der Waals surface area (Å²) in [6.45, 7) is 3.96. The van der Waals surface area contributed by atoms with Crippen LogP contribution in [0.1, 0.15) is 46.4 Å². The number of piperazine rings is 1. The molecule has 1 aliphatic heterocycles. The maximum atomic E-state index is 12.8. The van der Waals surface area contributed by atoms with E-state index >= 15 is 0 Å². The van der Waals surface area contributed by atoms with Gasteiger partial charge >= 0.3 is 6.18 Å². The number of amides is 1. The summed E-state index contributed by atoms with van der Waals surface area (Å²) in [6.07, 6.45) is -2.40. The molecule has 0 unspecified atom stereocenters. The lowest BCUT2D eigenvalue weighted by Gasteiger charge is -2.37. The number of benzene rings is 1. The van der Waals surface area contributed by atoms with Crippen LogP contribution in [0.15, 0.2) is 30.6 Å². The standard InChI is InChI=1S/C22H24F3N5O2/c1-13-10-17(31)19-18(13)20(28-12-27-19)29-6-8-30(9-7-29)21(32)16(26)11-14-2-4-15(5-3-14)22(23,24)25/h2-5,12-13,16H,6-11,26H2,1H3/t13-,16-/m1/s1. The fourth-order valence-electron chi connectivity index (χ4n) is 4.34. The van der Waals surface area contributed by atoms with E-state index in [0.717, 1.165) is 23.5 Å². The van der Waals surface area contributed by atoms with E-state index in [-0.39, 0.29) is 24.0 Å². The van der Waals surface area contributed by atoms with E-state index < -0.39 is 17.8 Å². The number of carbonyl (C=O) groups is 2. The Balaban J connectivity index is 1.36. The summed E-state index contributed by atoms with van der Waals surface area (Å²) in [5, 5.41) is 0. The molecule has 1 aromatic carbocycles. The van der Waals surface area contributed by atoms with Crippen LogP contribution in [0.2, 0.25) is 0 Å². The molecular weight excluding hydrogens is 423 g/mol. The molecule has 0 spiro atoms. The number of carbonyl (C=O) groups excluding carboxylic acids is 2. The molecule has 0 saturated carbocycles. The molecule has 1 amide bonds. The van der Waals surface area contributed by atoms with Crippen LogP contribution in [0.5, 0.6) is 0 Å². The van der Waals surface area contributed by atoms with E-state index in [1.165, 1.54) is 18.5 Å². The van der Waals surface area contributed by atoms with Crippen LogP contribution < -0.4 is 10.6 Å². The molecule has 32 heavy (non-hydrogen) atoms. The molecule has 0 bridgehead atoms. The minimum Gasteiger partial charge on any atom is -0.353 e. The molecule has 2 atom stereocenters. The molecule has 1 aromatic heterocycles. The molecule has 2 N–H and O–H groups in total. The van der Waals surface area contributed by atoms with Gasteiger partial charge in [0, 0.05) is 38.2 Å². The third kappa shape index (κ3) is 4.32. The van der Waals surface area contributed by atoms with Gasteiger partial charge in [-0.05, 0) is 30.0 Å². The van der Waals surface area contributed by atoms with Crippen molar-refractivity contribution < 1.29 is 22.8 Å². The summed E-state index contributed by atoms with van der Waals surface area (Å²) >= 11 is 0. The highest BCUT2D eigenvalue weighted by atomic mass is 19.4. The highest BCUT2D eigenvalue weighted by Crippen LogP contribution is 2.37. The molecule has 1 fully saturated rings. The van der Waals surface area contributed by atoms with E-state index in [0.29, 0.717) is 43.9 Å². The zero-order valence-corrected chi connectivity index (χ0v) is 17.6. The Morgan fingerprint density at radius 2 is 1.81 bits per heavy atom. The predicted octanol–water partition coefficient (Wildman–Crippen LogP) is 2.40. The van der Waals surface area contributed by atoms with E-state index in [9.17, 15) is 22.8 Å². The minimum atomic E-state index is -4.40.